The molecule has 0 aromatic heterocycles. The van der Waals surface area contributed by atoms with Crippen molar-refractivity contribution >= 4 is 0 Å². The minimum atomic E-state index is 0.156. The summed E-state index contributed by atoms with van der Waals surface area (Å²) in [7, 11) is 2.21. The monoisotopic (exact) mass is 248 g/mol. The highest BCUT2D eigenvalue weighted by Crippen LogP contribution is 2.19. The fourth-order valence-electron chi connectivity index (χ4n) is 2.60. The van der Waals surface area contributed by atoms with Crippen LogP contribution >= 0.6 is 0 Å². The van der Waals surface area contributed by atoms with E-state index in [1.54, 1.807) is 0 Å². The Labute approximate surface area is 112 Å². The SMILES string of the molecule is CCC(CC)N(C)CCC(N)c1ccccc1C. The van der Waals surface area contributed by atoms with Gasteiger partial charge in [0.15, 0.2) is 0 Å². The lowest BCUT2D eigenvalue weighted by Gasteiger charge is -2.27. The number of hydrogen-bond donors (Lipinski definition) is 1. The molecule has 0 saturated carbocycles. The predicted octanol–water partition coefficient (Wildman–Crippen LogP) is 3.51. The number of hydrogen-bond acceptors (Lipinski definition) is 2. The maximum Gasteiger partial charge on any atom is 0.0309 e. The van der Waals surface area contributed by atoms with Gasteiger partial charge in [0, 0.05) is 12.1 Å². The highest BCUT2D eigenvalue weighted by atomic mass is 15.1. The largest absolute Gasteiger partial charge is 0.324 e. The normalized spacial score (nSPS) is 13.3. The summed E-state index contributed by atoms with van der Waals surface area (Å²) in [4.78, 5) is 2.44. The lowest BCUT2D eigenvalue weighted by molar-refractivity contribution is 0.222. The molecule has 102 valence electrons. The van der Waals surface area contributed by atoms with Crippen LogP contribution in [0.4, 0.5) is 0 Å². The van der Waals surface area contributed by atoms with E-state index in [0.29, 0.717) is 6.04 Å². The van der Waals surface area contributed by atoms with Gasteiger partial charge in [-0.25, -0.2) is 0 Å². The van der Waals surface area contributed by atoms with Crippen molar-refractivity contribution in [2.45, 2.75) is 52.1 Å². The van der Waals surface area contributed by atoms with E-state index in [0.717, 1.165) is 13.0 Å². The summed E-state index contributed by atoms with van der Waals surface area (Å²) in [6.07, 6.45) is 3.46. The molecule has 18 heavy (non-hydrogen) atoms. The van der Waals surface area contributed by atoms with Crippen LogP contribution in [0, 0.1) is 6.92 Å². The molecule has 1 rings (SSSR count). The zero-order valence-corrected chi connectivity index (χ0v) is 12.3. The molecule has 0 amide bonds. The van der Waals surface area contributed by atoms with Crippen molar-refractivity contribution in [2.75, 3.05) is 13.6 Å². The third-order valence-electron chi connectivity index (χ3n) is 3.95. The van der Waals surface area contributed by atoms with Gasteiger partial charge in [-0.05, 0) is 50.9 Å². The molecule has 2 nitrogen and oxygen atoms in total. The molecular weight excluding hydrogens is 220 g/mol. The molecule has 0 aliphatic carbocycles. The van der Waals surface area contributed by atoms with Gasteiger partial charge in [-0.3, -0.25) is 0 Å². The minimum Gasteiger partial charge on any atom is -0.324 e. The number of aryl methyl sites for hydroxylation is 1. The number of nitrogens with two attached hydrogens (primary N) is 1. The van der Waals surface area contributed by atoms with E-state index in [-0.39, 0.29) is 6.04 Å². The Balaban J connectivity index is 2.51. The van der Waals surface area contributed by atoms with Crippen LogP contribution in [-0.2, 0) is 0 Å². The van der Waals surface area contributed by atoms with E-state index in [4.69, 9.17) is 5.73 Å². The Bertz CT molecular complexity index is 345. The maximum absolute atomic E-state index is 6.30. The first-order chi connectivity index (χ1) is 8.60. The van der Waals surface area contributed by atoms with Crippen LogP contribution < -0.4 is 5.73 Å². The molecule has 1 aromatic carbocycles. The summed E-state index contributed by atoms with van der Waals surface area (Å²) >= 11 is 0. The number of nitrogens with zero attached hydrogens (tertiary/aromatic N) is 1. The standard InChI is InChI=1S/C16H28N2/c1-5-14(6-2)18(4)12-11-16(17)15-10-8-7-9-13(15)3/h7-10,14,16H,5-6,11-12,17H2,1-4H3. The summed E-state index contributed by atoms with van der Waals surface area (Å²) in [5, 5.41) is 0. The molecule has 0 saturated heterocycles. The fraction of sp³-hybridized carbons (Fsp3) is 0.625. The highest BCUT2D eigenvalue weighted by Gasteiger charge is 2.13. The molecule has 0 bridgehead atoms. The van der Waals surface area contributed by atoms with Crippen molar-refractivity contribution in [1.82, 2.24) is 4.90 Å². The average Bonchev–Trinajstić information content (AvgIpc) is 2.38. The fourth-order valence-corrected chi connectivity index (χ4v) is 2.60. The summed E-state index contributed by atoms with van der Waals surface area (Å²) < 4.78 is 0. The van der Waals surface area contributed by atoms with E-state index in [1.165, 1.54) is 24.0 Å². The van der Waals surface area contributed by atoms with E-state index >= 15 is 0 Å². The number of rotatable bonds is 7. The van der Waals surface area contributed by atoms with E-state index < -0.39 is 0 Å². The van der Waals surface area contributed by atoms with Gasteiger partial charge in [-0.1, -0.05) is 38.1 Å². The van der Waals surface area contributed by atoms with Crippen LogP contribution in [0.25, 0.3) is 0 Å². The Morgan fingerprint density at radius 3 is 2.33 bits per heavy atom. The highest BCUT2D eigenvalue weighted by molar-refractivity contribution is 5.28. The maximum atomic E-state index is 6.30. The molecule has 0 radical (unpaired) electrons. The van der Waals surface area contributed by atoms with Gasteiger partial charge in [-0.15, -0.1) is 0 Å². The van der Waals surface area contributed by atoms with Crippen molar-refractivity contribution in [3.05, 3.63) is 35.4 Å². The third kappa shape index (κ3) is 4.11. The molecular formula is C16H28N2. The Hall–Kier alpha value is -0.860. The quantitative estimate of drug-likeness (QED) is 0.800. The number of benzene rings is 1. The zero-order chi connectivity index (χ0) is 13.5. The van der Waals surface area contributed by atoms with Gasteiger partial charge in [-0.2, -0.15) is 0 Å². The van der Waals surface area contributed by atoms with Gasteiger partial charge in [0.1, 0.15) is 0 Å². The van der Waals surface area contributed by atoms with Crippen LogP contribution in [0.15, 0.2) is 24.3 Å². The van der Waals surface area contributed by atoms with Gasteiger partial charge >= 0.3 is 0 Å². The summed E-state index contributed by atoms with van der Waals surface area (Å²) in [6, 6.07) is 9.28. The first-order valence-electron chi connectivity index (χ1n) is 7.11. The predicted molar refractivity (Wildman–Crippen MR) is 79.7 cm³/mol. The van der Waals surface area contributed by atoms with E-state index in [9.17, 15) is 0 Å². The summed E-state index contributed by atoms with van der Waals surface area (Å²) in [6.45, 7) is 7.72. The molecule has 0 aliphatic rings. The van der Waals surface area contributed by atoms with E-state index in [2.05, 4.69) is 57.0 Å². The van der Waals surface area contributed by atoms with Crippen molar-refractivity contribution in [3.8, 4) is 0 Å². The first kappa shape index (κ1) is 15.2. The molecule has 2 N–H and O–H groups in total. The third-order valence-corrected chi connectivity index (χ3v) is 3.95. The average molecular weight is 248 g/mol. The first-order valence-corrected chi connectivity index (χ1v) is 7.11. The molecule has 1 atom stereocenters. The van der Waals surface area contributed by atoms with Crippen LogP contribution in [0.2, 0.25) is 0 Å². The lowest BCUT2D eigenvalue weighted by Crippen LogP contribution is -2.33. The second kappa shape index (κ2) is 7.55. The zero-order valence-electron chi connectivity index (χ0n) is 12.3. The van der Waals surface area contributed by atoms with Crippen LogP contribution in [0.3, 0.4) is 0 Å². The molecule has 1 aromatic rings. The van der Waals surface area contributed by atoms with E-state index in [1.807, 2.05) is 0 Å². The Morgan fingerprint density at radius 2 is 1.78 bits per heavy atom. The van der Waals surface area contributed by atoms with Crippen LogP contribution in [-0.4, -0.2) is 24.5 Å². The Morgan fingerprint density at radius 1 is 1.17 bits per heavy atom. The second-order valence-electron chi connectivity index (χ2n) is 5.20. The van der Waals surface area contributed by atoms with Gasteiger partial charge in [0.2, 0.25) is 0 Å². The van der Waals surface area contributed by atoms with Crippen LogP contribution in [0.5, 0.6) is 0 Å². The van der Waals surface area contributed by atoms with Crippen LogP contribution in [0.1, 0.15) is 50.3 Å². The smallest absolute Gasteiger partial charge is 0.0309 e. The van der Waals surface area contributed by atoms with Crippen molar-refractivity contribution < 1.29 is 0 Å². The Kier molecular flexibility index (Phi) is 6.37. The topological polar surface area (TPSA) is 29.3 Å². The molecule has 0 fully saturated rings. The summed E-state index contributed by atoms with van der Waals surface area (Å²) in [5.41, 5.74) is 8.89. The van der Waals surface area contributed by atoms with Gasteiger partial charge in [0.05, 0.1) is 0 Å². The minimum absolute atomic E-state index is 0.156. The lowest BCUT2D eigenvalue weighted by atomic mass is 9.99. The second-order valence-corrected chi connectivity index (χ2v) is 5.20. The molecule has 0 spiro atoms. The van der Waals surface area contributed by atoms with Crippen molar-refractivity contribution in [1.29, 1.82) is 0 Å². The summed E-state index contributed by atoms with van der Waals surface area (Å²) in [5.74, 6) is 0. The van der Waals surface area contributed by atoms with Crippen molar-refractivity contribution in [3.63, 3.8) is 0 Å². The molecule has 1 unspecified atom stereocenters. The van der Waals surface area contributed by atoms with Gasteiger partial charge < -0.3 is 10.6 Å². The molecule has 2 heteroatoms. The van der Waals surface area contributed by atoms with Gasteiger partial charge in [0.25, 0.3) is 0 Å². The molecule has 0 heterocycles. The van der Waals surface area contributed by atoms with Crippen molar-refractivity contribution in [2.24, 2.45) is 5.73 Å². The molecule has 0 aliphatic heterocycles.